The van der Waals surface area contributed by atoms with Crippen LogP contribution in [-0.4, -0.2) is 6.67 Å². The number of hydrogen-bond acceptors (Lipinski definition) is 2. The second kappa shape index (κ2) is 3.39. The molecule has 60 valence electrons. The predicted octanol–water partition coefficient (Wildman–Crippen LogP) is 1.63. The Morgan fingerprint density at radius 3 is 2.64 bits per heavy atom. The summed E-state index contributed by atoms with van der Waals surface area (Å²) in [7, 11) is 0. The van der Waals surface area contributed by atoms with Gasteiger partial charge in [0.15, 0.2) is 0 Å². The van der Waals surface area contributed by atoms with Crippen LogP contribution < -0.4 is 11.1 Å². The van der Waals surface area contributed by atoms with E-state index in [-0.39, 0.29) is 0 Å². The molecular weight excluding hydrogens is 136 g/mol. The molecular formula is C9H14N2. The van der Waals surface area contributed by atoms with Crippen LogP contribution in [0.1, 0.15) is 11.1 Å². The first-order valence-electron chi connectivity index (χ1n) is 3.75. The fraction of sp³-hybridized carbons (Fsp3) is 0.333. The number of hydrogen-bond donors (Lipinski definition) is 2. The standard InChI is InChI=1S/C9H14N2/c1-7-3-4-9(11-6-10)8(2)5-7/h3-5,11H,6,10H2,1-2H3. The lowest BCUT2D eigenvalue weighted by Gasteiger charge is -2.06. The lowest BCUT2D eigenvalue weighted by Crippen LogP contribution is -2.11. The molecule has 11 heavy (non-hydrogen) atoms. The topological polar surface area (TPSA) is 38.0 Å². The largest absolute Gasteiger partial charge is 0.372 e. The predicted molar refractivity (Wildman–Crippen MR) is 48.6 cm³/mol. The van der Waals surface area contributed by atoms with Crippen molar-refractivity contribution in [3.63, 3.8) is 0 Å². The quantitative estimate of drug-likeness (QED) is 0.629. The van der Waals surface area contributed by atoms with Gasteiger partial charge in [-0.3, -0.25) is 0 Å². The van der Waals surface area contributed by atoms with Crippen LogP contribution in [0.4, 0.5) is 5.69 Å². The van der Waals surface area contributed by atoms with Crippen LogP contribution in [0.3, 0.4) is 0 Å². The van der Waals surface area contributed by atoms with Crippen LogP contribution in [0.5, 0.6) is 0 Å². The number of benzene rings is 1. The summed E-state index contributed by atoms with van der Waals surface area (Å²) in [5, 5.41) is 3.08. The highest BCUT2D eigenvalue weighted by Crippen LogP contribution is 2.14. The number of nitrogens with two attached hydrogens (primary N) is 1. The van der Waals surface area contributed by atoms with Gasteiger partial charge in [-0.15, -0.1) is 0 Å². The molecule has 3 N–H and O–H groups in total. The van der Waals surface area contributed by atoms with Crippen molar-refractivity contribution in [2.45, 2.75) is 13.8 Å². The minimum Gasteiger partial charge on any atom is -0.372 e. The van der Waals surface area contributed by atoms with Crippen LogP contribution in [-0.2, 0) is 0 Å². The molecule has 0 saturated carbocycles. The molecule has 0 atom stereocenters. The zero-order valence-corrected chi connectivity index (χ0v) is 7.02. The molecule has 2 heteroatoms. The zero-order valence-electron chi connectivity index (χ0n) is 7.02. The molecule has 1 rings (SSSR count). The maximum atomic E-state index is 5.36. The van der Waals surface area contributed by atoms with Crippen molar-refractivity contribution in [2.24, 2.45) is 5.73 Å². The van der Waals surface area contributed by atoms with Crippen LogP contribution >= 0.6 is 0 Å². The minimum absolute atomic E-state index is 0.490. The summed E-state index contributed by atoms with van der Waals surface area (Å²) in [5.41, 5.74) is 9.01. The van der Waals surface area contributed by atoms with Crippen molar-refractivity contribution >= 4 is 5.69 Å². The van der Waals surface area contributed by atoms with Crippen LogP contribution in [0.15, 0.2) is 18.2 Å². The number of rotatable bonds is 2. The highest BCUT2D eigenvalue weighted by molar-refractivity contribution is 5.51. The average molecular weight is 150 g/mol. The van der Waals surface area contributed by atoms with Gasteiger partial charge in [-0.05, 0) is 25.5 Å². The molecule has 1 aromatic rings. The smallest absolute Gasteiger partial charge is 0.0628 e. The molecule has 0 unspecified atom stereocenters. The lowest BCUT2D eigenvalue weighted by atomic mass is 10.1. The summed E-state index contributed by atoms with van der Waals surface area (Å²) >= 11 is 0. The Bertz CT molecular complexity index is 243. The Morgan fingerprint density at radius 1 is 1.36 bits per heavy atom. The molecule has 0 heterocycles. The zero-order chi connectivity index (χ0) is 8.27. The average Bonchev–Trinajstić information content (AvgIpc) is 1.95. The Morgan fingerprint density at radius 2 is 2.09 bits per heavy atom. The molecule has 0 spiro atoms. The van der Waals surface area contributed by atoms with Crippen molar-refractivity contribution in [2.75, 3.05) is 12.0 Å². The van der Waals surface area contributed by atoms with Gasteiger partial charge in [-0.2, -0.15) is 0 Å². The Hall–Kier alpha value is -1.02. The SMILES string of the molecule is Cc1ccc(NCN)c(C)c1. The summed E-state index contributed by atoms with van der Waals surface area (Å²) in [6, 6.07) is 6.26. The van der Waals surface area contributed by atoms with Crippen LogP contribution in [0, 0.1) is 13.8 Å². The highest BCUT2D eigenvalue weighted by atomic mass is 15.0. The molecule has 0 fully saturated rings. The van der Waals surface area contributed by atoms with Gasteiger partial charge in [-0.25, -0.2) is 0 Å². The van der Waals surface area contributed by atoms with E-state index in [9.17, 15) is 0 Å². The Kier molecular flexibility index (Phi) is 2.49. The number of aryl methyl sites for hydroxylation is 2. The summed E-state index contributed by atoms with van der Waals surface area (Å²) in [6.45, 7) is 4.65. The summed E-state index contributed by atoms with van der Waals surface area (Å²) in [6.07, 6.45) is 0. The van der Waals surface area contributed by atoms with Crippen molar-refractivity contribution in [3.05, 3.63) is 29.3 Å². The van der Waals surface area contributed by atoms with Gasteiger partial charge in [0.05, 0.1) is 6.67 Å². The van der Waals surface area contributed by atoms with E-state index in [1.165, 1.54) is 11.1 Å². The van der Waals surface area contributed by atoms with Gasteiger partial charge in [0.2, 0.25) is 0 Å². The van der Waals surface area contributed by atoms with E-state index in [4.69, 9.17) is 5.73 Å². The first kappa shape index (κ1) is 8.08. The maximum Gasteiger partial charge on any atom is 0.0628 e. The molecule has 1 aromatic carbocycles. The van der Waals surface area contributed by atoms with Gasteiger partial charge in [-0.1, -0.05) is 17.7 Å². The van der Waals surface area contributed by atoms with Gasteiger partial charge < -0.3 is 11.1 Å². The highest BCUT2D eigenvalue weighted by Gasteiger charge is 1.94. The third kappa shape index (κ3) is 1.95. The minimum atomic E-state index is 0.490. The van der Waals surface area contributed by atoms with E-state index in [1.807, 2.05) is 0 Å². The van der Waals surface area contributed by atoms with Gasteiger partial charge in [0.1, 0.15) is 0 Å². The maximum absolute atomic E-state index is 5.36. The van der Waals surface area contributed by atoms with E-state index >= 15 is 0 Å². The van der Waals surface area contributed by atoms with Crippen molar-refractivity contribution < 1.29 is 0 Å². The van der Waals surface area contributed by atoms with Crippen LogP contribution in [0.2, 0.25) is 0 Å². The second-order valence-electron chi connectivity index (χ2n) is 2.70. The second-order valence-corrected chi connectivity index (χ2v) is 2.70. The molecule has 0 aromatic heterocycles. The normalized spacial score (nSPS) is 9.73. The lowest BCUT2D eigenvalue weighted by molar-refractivity contribution is 1.13. The molecule has 0 aliphatic rings. The first-order valence-corrected chi connectivity index (χ1v) is 3.75. The van der Waals surface area contributed by atoms with Gasteiger partial charge in [0.25, 0.3) is 0 Å². The van der Waals surface area contributed by atoms with Crippen LogP contribution in [0.25, 0.3) is 0 Å². The monoisotopic (exact) mass is 150 g/mol. The van der Waals surface area contributed by atoms with E-state index < -0.39 is 0 Å². The molecule has 0 amide bonds. The number of nitrogens with one attached hydrogen (secondary N) is 1. The third-order valence-corrected chi connectivity index (χ3v) is 1.67. The van der Waals surface area contributed by atoms with E-state index in [0.29, 0.717) is 6.67 Å². The van der Waals surface area contributed by atoms with E-state index in [0.717, 1.165) is 5.69 Å². The molecule has 0 saturated heterocycles. The summed E-state index contributed by atoms with van der Waals surface area (Å²) in [5.74, 6) is 0. The fourth-order valence-corrected chi connectivity index (χ4v) is 1.12. The van der Waals surface area contributed by atoms with Gasteiger partial charge >= 0.3 is 0 Å². The van der Waals surface area contributed by atoms with Crippen molar-refractivity contribution in [3.8, 4) is 0 Å². The summed E-state index contributed by atoms with van der Waals surface area (Å²) in [4.78, 5) is 0. The van der Waals surface area contributed by atoms with E-state index in [2.05, 4.69) is 37.4 Å². The van der Waals surface area contributed by atoms with Crippen molar-refractivity contribution in [1.29, 1.82) is 0 Å². The first-order chi connectivity index (χ1) is 5.24. The molecule has 0 aliphatic heterocycles. The molecule has 0 bridgehead atoms. The Balaban J connectivity index is 2.90. The third-order valence-electron chi connectivity index (χ3n) is 1.67. The fourth-order valence-electron chi connectivity index (χ4n) is 1.12. The van der Waals surface area contributed by atoms with E-state index in [1.54, 1.807) is 0 Å². The van der Waals surface area contributed by atoms with Crippen molar-refractivity contribution in [1.82, 2.24) is 0 Å². The molecule has 0 aliphatic carbocycles. The van der Waals surface area contributed by atoms with Gasteiger partial charge in [0, 0.05) is 5.69 Å². The summed E-state index contributed by atoms with van der Waals surface area (Å²) < 4.78 is 0. The Labute approximate surface area is 67.4 Å². The molecule has 0 radical (unpaired) electrons. The number of anilines is 1. The molecule has 2 nitrogen and oxygen atoms in total.